The van der Waals surface area contributed by atoms with E-state index in [1.54, 1.807) is 27.2 Å². The lowest BCUT2D eigenvalue weighted by Crippen LogP contribution is -2.28. The number of nitrogens with zero attached hydrogens (tertiary/aromatic N) is 2. The largest absolute Gasteiger partial charge is 0.493 e. The first kappa shape index (κ1) is 15.0. The summed E-state index contributed by atoms with van der Waals surface area (Å²) in [5.74, 6) is 1.90. The van der Waals surface area contributed by atoms with Crippen LogP contribution in [-0.4, -0.2) is 29.6 Å². The zero-order chi connectivity index (χ0) is 15.2. The third kappa shape index (κ3) is 4.06. The second kappa shape index (κ2) is 6.89. The summed E-state index contributed by atoms with van der Waals surface area (Å²) in [6, 6.07) is 5.13. The van der Waals surface area contributed by atoms with Crippen LogP contribution in [0.5, 0.6) is 11.5 Å². The monoisotopic (exact) mass is 308 g/mol. The molecule has 0 radical (unpaired) electrons. The van der Waals surface area contributed by atoms with Gasteiger partial charge in [0.05, 0.1) is 14.2 Å². The second-order valence-electron chi connectivity index (χ2n) is 4.14. The number of aromatic nitrogens is 2. The highest BCUT2D eigenvalue weighted by Gasteiger charge is 2.08. The summed E-state index contributed by atoms with van der Waals surface area (Å²) < 4.78 is 14.4. The Morgan fingerprint density at radius 3 is 2.67 bits per heavy atom. The Hall–Kier alpha value is -2.35. The molecule has 0 saturated carbocycles. The maximum atomic E-state index is 11.7. The van der Waals surface area contributed by atoms with Crippen molar-refractivity contribution in [2.75, 3.05) is 19.5 Å². The molecular weight excluding hydrogens is 292 g/mol. The summed E-state index contributed by atoms with van der Waals surface area (Å²) in [5.41, 5.74) is 0.899. The number of aryl methyl sites for hydroxylation is 1. The number of anilines is 1. The Bertz CT molecular complexity index is 630. The predicted octanol–water partition coefficient (Wildman–Crippen LogP) is 2.19. The van der Waals surface area contributed by atoms with Crippen molar-refractivity contribution in [3.8, 4) is 11.5 Å². The van der Waals surface area contributed by atoms with Crippen LogP contribution in [0, 0.1) is 6.92 Å². The third-order valence-corrected chi connectivity index (χ3v) is 3.37. The highest BCUT2D eigenvalue weighted by atomic mass is 32.1. The van der Waals surface area contributed by atoms with Gasteiger partial charge in [0.15, 0.2) is 11.5 Å². The topological polar surface area (TPSA) is 85.4 Å². The Labute approximate surface area is 126 Å². The van der Waals surface area contributed by atoms with Gasteiger partial charge in [0.1, 0.15) is 5.82 Å². The Kier molecular flexibility index (Phi) is 4.94. The minimum Gasteiger partial charge on any atom is -0.493 e. The molecule has 0 unspecified atom stereocenters. The van der Waals surface area contributed by atoms with Crippen molar-refractivity contribution in [2.24, 2.45) is 0 Å². The van der Waals surface area contributed by atoms with E-state index in [9.17, 15) is 4.79 Å². The molecule has 112 valence electrons. The predicted molar refractivity (Wildman–Crippen MR) is 80.1 cm³/mol. The molecule has 8 heteroatoms. The number of methoxy groups -OCH3 is 2. The van der Waals surface area contributed by atoms with Crippen molar-refractivity contribution in [1.82, 2.24) is 14.7 Å². The quantitative estimate of drug-likeness (QED) is 0.884. The molecule has 2 N–H and O–H groups in total. The molecule has 0 aliphatic carbocycles. The number of urea groups is 1. The number of amides is 2. The number of hydrogen-bond donors (Lipinski definition) is 2. The van der Waals surface area contributed by atoms with Gasteiger partial charge in [-0.3, -0.25) is 5.32 Å². The van der Waals surface area contributed by atoms with Crippen LogP contribution in [0.4, 0.5) is 9.93 Å². The minimum atomic E-state index is -0.332. The Balaban J connectivity index is 1.91. The molecule has 2 rings (SSSR count). The Morgan fingerprint density at radius 2 is 2.05 bits per heavy atom. The van der Waals surface area contributed by atoms with Crippen molar-refractivity contribution < 1.29 is 14.3 Å². The summed E-state index contributed by atoms with van der Waals surface area (Å²) in [6.45, 7) is 2.13. The van der Waals surface area contributed by atoms with Crippen LogP contribution in [0.15, 0.2) is 18.2 Å². The molecule has 0 bridgehead atoms. The fourth-order valence-corrected chi connectivity index (χ4v) is 2.23. The van der Waals surface area contributed by atoms with Crippen molar-refractivity contribution in [2.45, 2.75) is 13.5 Å². The molecule has 1 aromatic heterocycles. The summed E-state index contributed by atoms with van der Waals surface area (Å²) >= 11 is 1.14. The van der Waals surface area contributed by atoms with Crippen LogP contribution in [0.3, 0.4) is 0 Å². The number of carbonyl (C=O) groups is 1. The van der Waals surface area contributed by atoms with Gasteiger partial charge in [-0.1, -0.05) is 6.07 Å². The molecule has 0 spiro atoms. The van der Waals surface area contributed by atoms with Crippen LogP contribution in [0.2, 0.25) is 0 Å². The fraction of sp³-hybridized carbons (Fsp3) is 0.308. The van der Waals surface area contributed by atoms with Crippen LogP contribution in [-0.2, 0) is 6.54 Å². The van der Waals surface area contributed by atoms with Crippen molar-refractivity contribution in [1.29, 1.82) is 0 Å². The van der Waals surface area contributed by atoms with E-state index in [0.29, 0.717) is 29.0 Å². The first-order valence-corrected chi connectivity index (χ1v) is 6.95. The first-order valence-electron chi connectivity index (χ1n) is 6.18. The summed E-state index contributed by atoms with van der Waals surface area (Å²) in [5, 5.41) is 5.83. The van der Waals surface area contributed by atoms with E-state index in [-0.39, 0.29) is 6.03 Å². The molecular formula is C13H16N4O3S. The van der Waals surface area contributed by atoms with E-state index in [0.717, 1.165) is 17.1 Å². The fourth-order valence-electron chi connectivity index (χ4n) is 1.66. The van der Waals surface area contributed by atoms with Crippen LogP contribution in [0.1, 0.15) is 11.4 Å². The van der Waals surface area contributed by atoms with Crippen molar-refractivity contribution >= 4 is 22.7 Å². The van der Waals surface area contributed by atoms with Gasteiger partial charge in [-0.05, 0) is 24.6 Å². The highest BCUT2D eigenvalue weighted by Crippen LogP contribution is 2.27. The molecule has 21 heavy (non-hydrogen) atoms. The molecule has 0 saturated heterocycles. The van der Waals surface area contributed by atoms with Crippen LogP contribution in [0.25, 0.3) is 0 Å². The van der Waals surface area contributed by atoms with E-state index >= 15 is 0 Å². The number of hydrogen-bond acceptors (Lipinski definition) is 6. The average molecular weight is 308 g/mol. The summed E-state index contributed by atoms with van der Waals surface area (Å²) in [6.07, 6.45) is 0. The Morgan fingerprint density at radius 1 is 1.29 bits per heavy atom. The SMILES string of the molecule is COc1ccc(CNC(=O)Nc2nc(C)ns2)cc1OC. The van der Waals surface area contributed by atoms with Crippen LogP contribution < -0.4 is 20.1 Å². The van der Waals surface area contributed by atoms with Gasteiger partial charge in [-0.2, -0.15) is 4.37 Å². The number of ether oxygens (including phenoxy) is 2. The van der Waals surface area contributed by atoms with Gasteiger partial charge in [0, 0.05) is 18.1 Å². The summed E-state index contributed by atoms with van der Waals surface area (Å²) in [4.78, 5) is 15.8. The molecule has 0 fully saturated rings. The van der Waals surface area contributed by atoms with E-state index in [2.05, 4.69) is 20.0 Å². The average Bonchev–Trinajstić information content (AvgIpc) is 2.89. The standard InChI is InChI=1S/C13H16N4O3S/c1-8-15-13(21-17-8)16-12(18)14-7-9-4-5-10(19-2)11(6-9)20-3/h4-6H,7H2,1-3H3,(H2,14,15,16,17,18). The molecule has 2 aromatic rings. The van der Waals surface area contributed by atoms with Gasteiger partial charge in [0.25, 0.3) is 0 Å². The van der Waals surface area contributed by atoms with Crippen LogP contribution >= 0.6 is 11.5 Å². The zero-order valence-electron chi connectivity index (χ0n) is 12.0. The minimum absolute atomic E-state index is 0.332. The number of carbonyl (C=O) groups excluding carboxylic acids is 1. The van der Waals surface area contributed by atoms with Gasteiger partial charge in [-0.25, -0.2) is 9.78 Å². The molecule has 1 aromatic carbocycles. The van der Waals surface area contributed by atoms with Crippen molar-refractivity contribution in [3.63, 3.8) is 0 Å². The molecule has 0 aliphatic heterocycles. The normalized spacial score (nSPS) is 10.0. The molecule has 7 nitrogen and oxygen atoms in total. The number of nitrogens with one attached hydrogen (secondary N) is 2. The smallest absolute Gasteiger partial charge is 0.321 e. The lowest BCUT2D eigenvalue weighted by molar-refractivity contribution is 0.251. The molecule has 1 heterocycles. The lowest BCUT2D eigenvalue weighted by atomic mass is 10.2. The van der Waals surface area contributed by atoms with E-state index in [4.69, 9.17) is 9.47 Å². The second-order valence-corrected chi connectivity index (χ2v) is 4.90. The summed E-state index contributed by atoms with van der Waals surface area (Å²) in [7, 11) is 3.15. The van der Waals surface area contributed by atoms with Gasteiger partial charge < -0.3 is 14.8 Å². The maximum Gasteiger partial charge on any atom is 0.321 e. The van der Waals surface area contributed by atoms with E-state index in [1.807, 2.05) is 12.1 Å². The van der Waals surface area contributed by atoms with Crippen molar-refractivity contribution in [3.05, 3.63) is 29.6 Å². The molecule has 2 amide bonds. The van der Waals surface area contributed by atoms with E-state index in [1.165, 1.54) is 0 Å². The van der Waals surface area contributed by atoms with Gasteiger partial charge in [0.2, 0.25) is 5.13 Å². The maximum absolute atomic E-state index is 11.7. The number of benzene rings is 1. The van der Waals surface area contributed by atoms with E-state index < -0.39 is 0 Å². The molecule has 0 aliphatic rings. The zero-order valence-corrected chi connectivity index (χ0v) is 12.8. The third-order valence-electron chi connectivity index (χ3n) is 2.65. The first-order chi connectivity index (χ1) is 10.1. The highest BCUT2D eigenvalue weighted by molar-refractivity contribution is 7.09. The molecule has 0 atom stereocenters. The lowest BCUT2D eigenvalue weighted by Gasteiger charge is -2.10. The van der Waals surface area contributed by atoms with Gasteiger partial charge >= 0.3 is 6.03 Å². The number of rotatable bonds is 5. The van der Waals surface area contributed by atoms with Gasteiger partial charge in [-0.15, -0.1) is 0 Å².